The Morgan fingerprint density at radius 3 is 1.80 bits per heavy atom. The van der Waals surface area contributed by atoms with Gasteiger partial charge in [-0.3, -0.25) is 9.59 Å². The predicted molar refractivity (Wildman–Crippen MR) is 71.3 cm³/mol. The lowest BCUT2D eigenvalue weighted by atomic mass is 9.81. The zero-order valence-electron chi connectivity index (χ0n) is 12.1. The van der Waals surface area contributed by atoms with E-state index in [1.54, 1.807) is 19.1 Å². The van der Waals surface area contributed by atoms with Gasteiger partial charge in [-0.05, 0) is 25.7 Å². The van der Waals surface area contributed by atoms with E-state index in [-0.39, 0.29) is 30.0 Å². The Morgan fingerprint density at radius 1 is 0.950 bits per heavy atom. The van der Waals surface area contributed by atoms with E-state index in [2.05, 4.69) is 0 Å². The second-order valence-electron chi connectivity index (χ2n) is 5.68. The number of amides is 1. The van der Waals surface area contributed by atoms with Crippen molar-refractivity contribution in [2.24, 2.45) is 11.8 Å². The summed E-state index contributed by atoms with van der Waals surface area (Å²) < 4.78 is 10.7. The number of ether oxygens (including phenoxy) is 2. The van der Waals surface area contributed by atoms with Gasteiger partial charge in [0.05, 0.1) is 5.92 Å². The Hall–Kier alpha value is -1.14. The van der Waals surface area contributed by atoms with Crippen molar-refractivity contribution in [1.82, 2.24) is 4.90 Å². The molecule has 2 aliphatic rings. The zero-order chi connectivity index (χ0) is 14.7. The van der Waals surface area contributed by atoms with Gasteiger partial charge in [0.25, 0.3) is 0 Å². The van der Waals surface area contributed by atoms with Crippen LogP contribution in [0, 0.1) is 11.8 Å². The van der Waals surface area contributed by atoms with Crippen molar-refractivity contribution in [3.8, 4) is 0 Å². The summed E-state index contributed by atoms with van der Waals surface area (Å²) in [4.78, 5) is 25.2. The highest BCUT2D eigenvalue weighted by Crippen LogP contribution is 2.31. The first-order chi connectivity index (χ1) is 9.56. The lowest BCUT2D eigenvalue weighted by Gasteiger charge is -2.28. The average Bonchev–Trinajstić information content (AvgIpc) is 2.89. The minimum Gasteiger partial charge on any atom is -0.481 e. The van der Waals surface area contributed by atoms with E-state index in [0.717, 1.165) is 0 Å². The molecule has 0 aromatic heterocycles. The highest BCUT2D eigenvalue weighted by molar-refractivity contribution is 5.80. The third-order valence-electron chi connectivity index (χ3n) is 4.56. The summed E-state index contributed by atoms with van der Waals surface area (Å²) >= 11 is 0. The van der Waals surface area contributed by atoms with Crippen molar-refractivity contribution in [3.05, 3.63) is 0 Å². The van der Waals surface area contributed by atoms with Gasteiger partial charge in [0.1, 0.15) is 12.2 Å². The second-order valence-corrected chi connectivity index (χ2v) is 5.68. The van der Waals surface area contributed by atoms with E-state index in [9.17, 15) is 9.59 Å². The van der Waals surface area contributed by atoms with Crippen LogP contribution < -0.4 is 0 Å². The molecule has 2 fully saturated rings. The third kappa shape index (κ3) is 3.12. The SMILES string of the molecule is COC1CN(C(=O)C2CCC(C(=O)O)CC2)CC1OC. The van der Waals surface area contributed by atoms with Crippen molar-refractivity contribution in [2.45, 2.75) is 37.9 Å². The van der Waals surface area contributed by atoms with E-state index in [0.29, 0.717) is 38.8 Å². The molecule has 1 amide bonds. The number of likely N-dealkylation sites (tertiary alicyclic amines) is 1. The molecule has 0 radical (unpaired) electrons. The summed E-state index contributed by atoms with van der Waals surface area (Å²) in [5, 5.41) is 8.98. The maximum absolute atomic E-state index is 12.5. The van der Waals surface area contributed by atoms with Crippen molar-refractivity contribution in [3.63, 3.8) is 0 Å². The Kier molecular flexibility index (Phi) is 4.99. The molecule has 1 aliphatic heterocycles. The Balaban J connectivity index is 1.88. The average molecular weight is 285 g/mol. The molecule has 6 heteroatoms. The van der Waals surface area contributed by atoms with E-state index in [1.807, 2.05) is 0 Å². The van der Waals surface area contributed by atoms with Crippen LogP contribution in [0.15, 0.2) is 0 Å². The number of carbonyl (C=O) groups is 2. The van der Waals surface area contributed by atoms with Crippen molar-refractivity contribution in [1.29, 1.82) is 0 Å². The summed E-state index contributed by atoms with van der Waals surface area (Å²) in [6.45, 7) is 1.12. The smallest absolute Gasteiger partial charge is 0.306 e. The molecule has 0 aromatic rings. The topological polar surface area (TPSA) is 76.1 Å². The van der Waals surface area contributed by atoms with E-state index < -0.39 is 5.97 Å². The van der Waals surface area contributed by atoms with Crippen LogP contribution in [0.2, 0.25) is 0 Å². The van der Waals surface area contributed by atoms with Gasteiger partial charge in [-0.2, -0.15) is 0 Å². The summed E-state index contributed by atoms with van der Waals surface area (Å²) in [5.74, 6) is -0.943. The quantitative estimate of drug-likeness (QED) is 0.825. The van der Waals surface area contributed by atoms with Crippen LogP contribution in [0.5, 0.6) is 0 Å². The number of methoxy groups -OCH3 is 2. The van der Waals surface area contributed by atoms with Gasteiger partial charge in [-0.15, -0.1) is 0 Å². The third-order valence-corrected chi connectivity index (χ3v) is 4.56. The van der Waals surface area contributed by atoms with Gasteiger partial charge in [-0.1, -0.05) is 0 Å². The fraction of sp³-hybridized carbons (Fsp3) is 0.857. The van der Waals surface area contributed by atoms with Crippen LogP contribution >= 0.6 is 0 Å². The Bertz CT molecular complexity index is 353. The number of nitrogens with zero attached hydrogens (tertiary/aromatic N) is 1. The first kappa shape index (κ1) is 15.3. The number of aliphatic carboxylic acids is 1. The van der Waals surface area contributed by atoms with Crippen molar-refractivity contribution >= 4 is 11.9 Å². The van der Waals surface area contributed by atoms with Crippen LogP contribution in [-0.4, -0.2) is 61.4 Å². The summed E-state index contributed by atoms with van der Waals surface area (Å²) in [5.41, 5.74) is 0. The van der Waals surface area contributed by atoms with Gasteiger partial charge in [0.15, 0.2) is 0 Å². The molecule has 2 rings (SSSR count). The highest BCUT2D eigenvalue weighted by Gasteiger charge is 2.39. The minimum absolute atomic E-state index is 0.0429. The number of carboxylic acid groups (broad SMARTS) is 1. The molecule has 1 saturated heterocycles. The molecular weight excluding hydrogens is 262 g/mol. The van der Waals surface area contributed by atoms with Crippen LogP contribution in [0.25, 0.3) is 0 Å². The fourth-order valence-electron chi connectivity index (χ4n) is 3.22. The zero-order valence-corrected chi connectivity index (χ0v) is 12.1. The fourth-order valence-corrected chi connectivity index (χ4v) is 3.22. The predicted octanol–water partition coefficient (Wildman–Crippen LogP) is 0.750. The molecule has 1 saturated carbocycles. The second kappa shape index (κ2) is 6.54. The molecule has 2 unspecified atom stereocenters. The van der Waals surface area contributed by atoms with E-state index in [1.165, 1.54) is 0 Å². The van der Waals surface area contributed by atoms with Gasteiger partial charge < -0.3 is 19.5 Å². The summed E-state index contributed by atoms with van der Waals surface area (Å²) in [6, 6.07) is 0. The first-order valence-electron chi connectivity index (χ1n) is 7.14. The standard InChI is InChI=1S/C14H23NO5/c1-19-11-7-15(8-12(11)20-2)13(16)9-3-5-10(6-4-9)14(17)18/h9-12H,3-8H2,1-2H3,(H,17,18). The summed E-state index contributed by atoms with van der Waals surface area (Å²) in [7, 11) is 3.26. The maximum atomic E-state index is 12.5. The Morgan fingerprint density at radius 2 is 1.40 bits per heavy atom. The van der Waals surface area contributed by atoms with Gasteiger partial charge in [0, 0.05) is 33.2 Å². The number of hydrogen-bond donors (Lipinski definition) is 1. The van der Waals surface area contributed by atoms with Gasteiger partial charge >= 0.3 is 5.97 Å². The lowest BCUT2D eigenvalue weighted by molar-refractivity contribution is -0.145. The number of rotatable bonds is 4. The molecule has 0 spiro atoms. The van der Waals surface area contributed by atoms with Crippen LogP contribution in [-0.2, 0) is 19.1 Å². The normalized spacial score (nSPS) is 34.2. The largest absolute Gasteiger partial charge is 0.481 e. The molecule has 1 N–H and O–H groups in total. The number of carboxylic acids is 1. The van der Waals surface area contributed by atoms with Crippen molar-refractivity contribution in [2.75, 3.05) is 27.3 Å². The van der Waals surface area contributed by atoms with Crippen molar-refractivity contribution < 1.29 is 24.2 Å². The highest BCUT2D eigenvalue weighted by atomic mass is 16.5. The number of hydrogen-bond acceptors (Lipinski definition) is 4. The maximum Gasteiger partial charge on any atom is 0.306 e. The van der Waals surface area contributed by atoms with Crippen LogP contribution in [0.3, 0.4) is 0 Å². The number of carbonyl (C=O) groups excluding carboxylic acids is 1. The van der Waals surface area contributed by atoms with E-state index >= 15 is 0 Å². The van der Waals surface area contributed by atoms with Gasteiger partial charge in [0.2, 0.25) is 5.91 Å². The molecule has 20 heavy (non-hydrogen) atoms. The molecule has 6 nitrogen and oxygen atoms in total. The van der Waals surface area contributed by atoms with Crippen LogP contribution in [0.4, 0.5) is 0 Å². The monoisotopic (exact) mass is 285 g/mol. The molecule has 1 heterocycles. The molecular formula is C14H23NO5. The van der Waals surface area contributed by atoms with Crippen LogP contribution in [0.1, 0.15) is 25.7 Å². The Labute approximate surface area is 119 Å². The summed E-state index contributed by atoms with van der Waals surface area (Å²) in [6.07, 6.45) is 2.39. The lowest BCUT2D eigenvalue weighted by Crippen LogP contribution is -2.37. The molecule has 0 aromatic carbocycles. The molecule has 2 atom stereocenters. The molecule has 0 bridgehead atoms. The van der Waals surface area contributed by atoms with E-state index in [4.69, 9.17) is 14.6 Å². The first-order valence-corrected chi connectivity index (χ1v) is 7.14. The molecule has 114 valence electrons. The minimum atomic E-state index is -0.740. The molecule has 1 aliphatic carbocycles. The van der Waals surface area contributed by atoms with Gasteiger partial charge in [-0.25, -0.2) is 0 Å².